The van der Waals surface area contributed by atoms with Gasteiger partial charge >= 0.3 is 0 Å². The molecule has 1 aromatic heterocycles. The van der Waals surface area contributed by atoms with Gasteiger partial charge in [-0.15, -0.1) is 11.3 Å². The largest absolute Gasteiger partial charge is 0.398 e. The van der Waals surface area contributed by atoms with E-state index in [0.29, 0.717) is 10.6 Å². The normalized spacial score (nSPS) is 19.4. The van der Waals surface area contributed by atoms with Crippen molar-refractivity contribution in [2.45, 2.75) is 19.4 Å². The number of hydrogen-bond acceptors (Lipinski definition) is 5. The Hall–Kier alpha value is -1.89. The maximum atomic E-state index is 11.9. The highest BCUT2D eigenvalue weighted by Crippen LogP contribution is 2.23. The van der Waals surface area contributed by atoms with E-state index in [1.165, 1.54) is 18.4 Å². The molecule has 1 unspecified atom stereocenters. The standard InChI is InChI=1S/C11H13N3O3S/c1-5-6(12)3-8(18-5)10(16)13-7-4-9(15)14(2)11(7)17/h3,7H,4,12H2,1-2H3,(H,13,16). The first-order chi connectivity index (χ1) is 8.40. The smallest absolute Gasteiger partial charge is 0.262 e. The lowest BCUT2D eigenvalue weighted by Crippen LogP contribution is -2.40. The molecule has 0 saturated carbocycles. The van der Waals surface area contributed by atoms with E-state index < -0.39 is 6.04 Å². The van der Waals surface area contributed by atoms with Crippen LogP contribution in [0, 0.1) is 6.92 Å². The zero-order valence-electron chi connectivity index (χ0n) is 10.0. The van der Waals surface area contributed by atoms with Crippen molar-refractivity contribution in [1.29, 1.82) is 0 Å². The van der Waals surface area contributed by atoms with Gasteiger partial charge in [-0.25, -0.2) is 0 Å². The van der Waals surface area contributed by atoms with Gasteiger partial charge in [-0.1, -0.05) is 0 Å². The molecule has 3 amide bonds. The minimum Gasteiger partial charge on any atom is -0.398 e. The van der Waals surface area contributed by atoms with Crippen molar-refractivity contribution >= 4 is 34.7 Å². The quantitative estimate of drug-likeness (QED) is 0.745. The molecule has 7 heteroatoms. The molecule has 0 aromatic carbocycles. The molecule has 6 nitrogen and oxygen atoms in total. The zero-order chi connectivity index (χ0) is 13.4. The number of nitrogens with zero attached hydrogens (tertiary/aromatic N) is 1. The van der Waals surface area contributed by atoms with Gasteiger partial charge in [0.1, 0.15) is 6.04 Å². The second-order valence-electron chi connectivity index (χ2n) is 4.14. The minimum atomic E-state index is -0.765. The van der Waals surface area contributed by atoms with Gasteiger partial charge in [-0.3, -0.25) is 19.3 Å². The Balaban J connectivity index is 2.09. The summed E-state index contributed by atoms with van der Waals surface area (Å²) in [4.78, 5) is 37.1. The van der Waals surface area contributed by atoms with Crippen molar-refractivity contribution in [3.05, 3.63) is 15.8 Å². The van der Waals surface area contributed by atoms with Crippen LogP contribution in [0.5, 0.6) is 0 Å². The van der Waals surface area contributed by atoms with Crippen LogP contribution < -0.4 is 11.1 Å². The van der Waals surface area contributed by atoms with Crippen LogP contribution in [-0.2, 0) is 9.59 Å². The number of nitrogen functional groups attached to an aromatic ring is 1. The van der Waals surface area contributed by atoms with Crippen molar-refractivity contribution in [2.75, 3.05) is 12.8 Å². The molecule has 0 radical (unpaired) electrons. The van der Waals surface area contributed by atoms with Gasteiger partial charge in [0.15, 0.2) is 0 Å². The number of likely N-dealkylation sites (tertiary alicyclic amines) is 1. The molecule has 96 valence electrons. The molecule has 1 atom stereocenters. The van der Waals surface area contributed by atoms with Gasteiger partial charge in [0.25, 0.3) is 11.8 Å². The van der Waals surface area contributed by atoms with Crippen molar-refractivity contribution < 1.29 is 14.4 Å². The number of imide groups is 1. The van der Waals surface area contributed by atoms with Crippen LogP contribution in [0.15, 0.2) is 6.07 Å². The second kappa shape index (κ2) is 4.41. The molecule has 1 aromatic rings. The molecule has 0 bridgehead atoms. The third-order valence-corrected chi connectivity index (χ3v) is 3.93. The van der Waals surface area contributed by atoms with Crippen LogP contribution in [0.3, 0.4) is 0 Å². The maximum Gasteiger partial charge on any atom is 0.262 e. The van der Waals surface area contributed by atoms with Crippen LogP contribution in [-0.4, -0.2) is 35.7 Å². The summed E-state index contributed by atoms with van der Waals surface area (Å²) in [5.41, 5.74) is 6.21. The Labute approximate surface area is 108 Å². The fourth-order valence-corrected chi connectivity index (χ4v) is 2.55. The zero-order valence-corrected chi connectivity index (χ0v) is 10.8. The van der Waals surface area contributed by atoms with E-state index in [4.69, 9.17) is 5.73 Å². The summed E-state index contributed by atoms with van der Waals surface area (Å²) in [6.07, 6.45) is 0.0148. The van der Waals surface area contributed by atoms with E-state index in [-0.39, 0.29) is 24.1 Å². The van der Waals surface area contributed by atoms with Gasteiger partial charge in [-0.05, 0) is 13.0 Å². The van der Waals surface area contributed by atoms with Gasteiger partial charge in [0.2, 0.25) is 5.91 Å². The van der Waals surface area contributed by atoms with E-state index in [0.717, 1.165) is 9.78 Å². The summed E-state index contributed by atoms with van der Waals surface area (Å²) in [7, 11) is 1.41. The molecule has 1 fully saturated rings. The van der Waals surface area contributed by atoms with Gasteiger partial charge < -0.3 is 11.1 Å². The number of carbonyl (C=O) groups excluding carboxylic acids is 3. The molecule has 1 aliphatic rings. The molecular formula is C11H13N3O3S. The van der Waals surface area contributed by atoms with Crippen molar-refractivity contribution in [1.82, 2.24) is 10.2 Å². The van der Waals surface area contributed by atoms with Crippen LogP contribution in [0.2, 0.25) is 0 Å². The minimum absolute atomic E-state index is 0.0148. The van der Waals surface area contributed by atoms with Crippen LogP contribution in [0.4, 0.5) is 5.69 Å². The maximum absolute atomic E-state index is 11.9. The van der Waals surface area contributed by atoms with E-state index in [2.05, 4.69) is 5.32 Å². The molecule has 0 aliphatic carbocycles. The van der Waals surface area contributed by atoms with Crippen LogP contribution in [0.25, 0.3) is 0 Å². The first-order valence-electron chi connectivity index (χ1n) is 5.37. The summed E-state index contributed by atoms with van der Waals surface area (Å²) in [6.45, 7) is 1.81. The lowest BCUT2D eigenvalue weighted by Gasteiger charge is -2.09. The monoisotopic (exact) mass is 267 g/mol. The third-order valence-electron chi connectivity index (χ3n) is 2.87. The van der Waals surface area contributed by atoms with Crippen molar-refractivity contribution in [3.63, 3.8) is 0 Å². The average molecular weight is 267 g/mol. The fraction of sp³-hybridized carbons (Fsp3) is 0.364. The fourth-order valence-electron chi connectivity index (χ4n) is 1.71. The highest BCUT2D eigenvalue weighted by molar-refractivity contribution is 7.14. The van der Waals surface area contributed by atoms with E-state index in [1.807, 2.05) is 6.92 Å². The number of aryl methyl sites for hydroxylation is 1. The molecule has 2 rings (SSSR count). The van der Waals surface area contributed by atoms with E-state index in [1.54, 1.807) is 6.07 Å². The summed E-state index contributed by atoms with van der Waals surface area (Å²) in [5.74, 6) is -1.04. The average Bonchev–Trinajstić information content (AvgIpc) is 2.76. The first kappa shape index (κ1) is 12.6. The number of carbonyl (C=O) groups is 3. The van der Waals surface area contributed by atoms with Gasteiger partial charge in [0, 0.05) is 17.6 Å². The Morgan fingerprint density at radius 1 is 1.56 bits per heavy atom. The topological polar surface area (TPSA) is 92.5 Å². The van der Waals surface area contributed by atoms with E-state index in [9.17, 15) is 14.4 Å². The van der Waals surface area contributed by atoms with Crippen molar-refractivity contribution in [3.8, 4) is 0 Å². The summed E-state index contributed by atoms with van der Waals surface area (Å²) in [6, 6.07) is 0.805. The molecule has 0 spiro atoms. The number of nitrogens with two attached hydrogens (primary N) is 1. The number of rotatable bonds is 2. The SMILES string of the molecule is Cc1sc(C(=O)NC2CC(=O)N(C)C2=O)cc1N. The molecule has 1 saturated heterocycles. The number of amides is 3. The lowest BCUT2D eigenvalue weighted by molar-refractivity contribution is -0.137. The van der Waals surface area contributed by atoms with Crippen LogP contribution >= 0.6 is 11.3 Å². The Kier molecular flexibility index (Phi) is 3.08. The van der Waals surface area contributed by atoms with Crippen LogP contribution in [0.1, 0.15) is 21.0 Å². The first-order valence-corrected chi connectivity index (χ1v) is 6.19. The molecular weight excluding hydrogens is 254 g/mol. The number of likely N-dealkylation sites (N-methyl/N-ethyl adjacent to an activating group) is 1. The number of nitrogens with one attached hydrogen (secondary N) is 1. The highest BCUT2D eigenvalue weighted by Gasteiger charge is 2.37. The number of hydrogen-bond donors (Lipinski definition) is 2. The number of anilines is 1. The Morgan fingerprint density at radius 3 is 2.67 bits per heavy atom. The molecule has 18 heavy (non-hydrogen) atoms. The predicted octanol–water partition coefficient (Wildman–Crippen LogP) is 0.126. The Bertz CT molecular complexity index is 518. The molecule has 3 N–H and O–H groups in total. The Morgan fingerprint density at radius 2 is 2.22 bits per heavy atom. The lowest BCUT2D eigenvalue weighted by atomic mass is 10.2. The summed E-state index contributed by atoms with van der Waals surface area (Å²) < 4.78 is 0. The summed E-state index contributed by atoms with van der Waals surface area (Å²) in [5, 5.41) is 2.55. The summed E-state index contributed by atoms with van der Waals surface area (Å²) >= 11 is 1.26. The molecule has 2 heterocycles. The highest BCUT2D eigenvalue weighted by atomic mass is 32.1. The second-order valence-corrected chi connectivity index (χ2v) is 5.40. The van der Waals surface area contributed by atoms with Gasteiger partial charge in [0.05, 0.1) is 11.3 Å². The predicted molar refractivity (Wildman–Crippen MR) is 67.1 cm³/mol. The molecule has 1 aliphatic heterocycles. The third kappa shape index (κ3) is 2.08. The van der Waals surface area contributed by atoms with Gasteiger partial charge in [-0.2, -0.15) is 0 Å². The van der Waals surface area contributed by atoms with Crippen molar-refractivity contribution in [2.24, 2.45) is 0 Å². The van der Waals surface area contributed by atoms with E-state index >= 15 is 0 Å². The number of thiophene rings is 1.